The summed E-state index contributed by atoms with van der Waals surface area (Å²) in [6.45, 7) is 0.161. The largest absolute Gasteiger partial charge is 0.350 e. The number of rotatable bonds is 5. The van der Waals surface area contributed by atoms with Gasteiger partial charge in [0.2, 0.25) is 5.91 Å². The van der Waals surface area contributed by atoms with Gasteiger partial charge in [0.25, 0.3) is 5.56 Å². The summed E-state index contributed by atoms with van der Waals surface area (Å²) in [4.78, 5) is 39.5. The quantitative estimate of drug-likeness (QED) is 0.711. The number of para-hydroxylation sites is 1. The van der Waals surface area contributed by atoms with Crippen LogP contribution in [-0.2, 0) is 24.9 Å². The fourth-order valence-corrected chi connectivity index (χ4v) is 2.45. The highest BCUT2D eigenvalue weighted by molar-refractivity contribution is 5.75. The highest BCUT2D eigenvalue weighted by Crippen LogP contribution is 2.13. The van der Waals surface area contributed by atoms with Crippen LogP contribution in [0.1, 0.15) is 5.56 Å². The fourth-order valence-electron chi connectivity index (χ4n) is 2.45. The minimum absolute atomic E-state index is 0.153. The fraction of sp³-hybridized carbons (Fsp3) is 0.176. The molecule has 2 heterocycles. The maximum atomic E-state index is 12.2. The molecule has 0 aliphatic carbocycles. The van der Waals surface area contributed by atoms with Gasteiger partial charge in [0.1, 0.15) is 6.54 Å². The van der Waals surface area contributed by atoms with Crippen molar-refractivity contribution in [3.05, 3.63) is 81.7 Å². The van der Waals surface area contributed by atoms with Crippen LogP contribution in [0.3, 0.4) is 0 Å². The summed E-state index contributed by atoms with van der Waals surface area (Å²) in [7, 11) is 1.38. The summed E-state index contributed by atoms with van der Waals surface area (Å²) in [5.41, 5.74) is 0.901. The molecule has 8 nitrogen and oxygen atoms in total. The molecular weight excluding hydrogens is 322 g/mol. The molecule has 1 aromatic carbocycles. The van der Waals surface area contributed by atoms with Gasteiger partial charge >= 0.3 is 5.69 Å². The van der Waals surface area contributed by atoms with Crippen molar-refractivity contribution in [3.8, 4) is 5.69 Å². The third-order valence-electron chi connectivity index (χ3n) is 3.82. The highest BCUT2D eigenvalue weighted by Gasteiger charge is 2.09. The van der Waals surface area contributed by atoms with E-state index in [1.807, 2.05) is 35.0 Å². The van der Waals surface area contributed by atoms with Gasteiger partial charge in [-0.15, -0.1) is 0 Å². The first kappa shape index (κ1) is 16.4. The first-order valence-corrected chi connectivity index (χ1v) is 7.65. The van der Waals surface area contributed by atoms with E-state index in [1.54, 1.807) is 12.5 Å². The molecule has 0 bridgehead atoms. The van der Waals surface area contributed by atoms with Crippen molar-refractivity contribution >= 4 is 5.91 Å². The van der Waals surface area contributed by atoms with Crippen LogP contribution in [0.2, 0.25) is 0 Å². The first-order valence-electron chi connectivity index (χ1n) is 7.65. The number of amides is 1. The third kappa shape index (κ3) is 3.57. The molecule has 0 spiro atoms. The minimum atomic E-state index is -0.526. The van der Waals surface area contributed by atoms with Crippen LogP contribution in [0.15, 0.2) is 64.8 Å². The molecule has 0 saturated heterocycles. The molecular formula is C17H17N5O3. The Kier molecular flexibility index (Phi) is 4.60. The van der Waals surface area contributed by atoms with E-state index in [1.165, 1.54) is 23.9 Å². The van der Waals surface area contributed by atoms with Crippen LogP contribution in [0.4, 0.5) is 0 Å². The van der Waals surface area contributed by atoms with Crippen molar-refractivity contribution in [2.45, 2.75) is 13.1 Å². The minimum Gasteiger partial charge on any atom is -0.350 e. The van der Waals surface area contributed by atoms with E-state index in [2.05, 4.69) is 10.3 Å². The molecule has 0 saturated carbocycles. The second kappa shape index (κ2) is 7.00. The van der Waals surface area contributed by atoms with Crippen LogP contribution in [0.5, 0.6) is 0 Å². The third-order valence-corrected chi connectivity index (χ3v) is 3.82. The van der Waals surface area contributed by atoms with Gasteiger partial charge in [-0.25, -0.2) is 9.78 Å². The summed E-state index contributed by atoms with van der Waals surface area (Å²) < 4.78 is 4.01. The lowest BCUT2D eigenvalue weighted by molar-refractivity contribution is -0.121. The van der Waals surface area contributed by atoms with Crippen molar-refractivity contribution in [3.63, 3.8) is 0 Å². The van der Waals surface area contributed by atoms with Gasteiger partial charge in [0.05, 0.1) is 12.0 Å². The van der Waals surface area contributed by atoms with Crippen molar-refractivity contribution in [2.75, 3.05) is 0 Å². The van der Waals surface area contributed by atoms with Crippen LogP contribution in [0.25, 0.3) is 5.69 Å². The molecule has 1 amide bonds. The first-order chi connectivity index (χ1) is 12.1. The number of hydrogen-bond donors (Lipinski definition) is 1. The number of hydrogen-bond acceptors (Lipinski definition) is 4. The molecule has 0 radical (unpaired) electrons. The normalized spacial score (nSPS) is 10.6. The molecule has 25 heavy (non-hydrogen) atoms. The van der Waals surface area contributed by atoms with Crippen molar-refractivity contribution in [1.82, 2.24) is 24.0 Å². The predicted molar refractivity (Wildman–Crippen MR) is 91.4 cm³/mol. The number of nitrogens with one attached hydrogen (secondary N) is 1. The summed E-state index contributed by atoms with van der Waals surface area (Å²) in [5, 5.41) is 2.79. The molecule has 0 aliphatic heterocycles. The van der Waals surface area contributed by atoms with Gasteiger partial charge < -0.3 is 9.88 Å². The van der Waals surface area contributed by atoms with E-state index in [4.69, 9.17) is 0 Å². The number of benzene rings is 1. The van der Waals surface area contributed by atoms with E-state index in [0.717, 1.165) is 15.8 Å². The van der Waals surface area contributed by atoms with Crippen LogP contribution in [-0.4, -0.2) is 24.6 Å². The monoisotopic (exact) mass is 339 g/mol. The summed E-state index contributed by atoms with van der Waals surface area (Å²) in [6, 6.07) is 8.89. The summed E-state index contributed by atoms with van der Waals surface area (Å²) >= 11 is 0. The highest BCUT2D eigenvalue weighted by atomic mass is 16.2. The average Bonchev–Trinajstić information content (AvgIpc) is 3.15. The Morgan fingerprint density at radius 1 is 1.16 bits per heavy atom. The average molecular weight is 339 g/mol. The Labute approximate surface area is 143 Å². The van der Waals surface area contributed by atoms with Gasteiger partial charge in [-0.3, -0.25) is 18.7 Å². The summed E-state index contributed by atoms with van der Waals surface area (Å²) in [6.07, 6.45) is 6.51. The Morgan fingerprint density at radius 2 is 1.96 bits per heavy atom. The second-order valence-corrected chi connectivity index (χ2v) is 5.50. The molecule has 0 fully saturated rings. The van der Waals surface area contributed by atoms with E-state index in [-0.39, 0.29) is 12.5 Å². The Balaban J connectivity index is 1.71. The van der Waals surface area contributed by atoms with E-state index >= 15 is 0 Å². The zero-order valence-electron chi connectivity index (χ0n) is 13.6. The number of carbonyl (C=O) groups excluding carboxylic acids is 1. The van der Waals surface area contributed by atoms with E-state index < -0.39 is 11.2 Å². The van der Waals surface area contributed by atoms with E-state index in [0.29, 0.717) is 6.54 Å². The van der Waals surface area contributed by atoms with Crippen molar-refractivity contribution < 1.29 is 4.79 Å². The Hall–Kier alpha value is -3.42. The van der Waals surface area contributed by atoms with Gasteiger partial charge in [-0.1, -0.05) is 18.2 Å². The second-order valence-electron chi connectivity index (χ2n) is 5.50. The maximum Gasteiger partial charge on any atom is 0.331 e. The molecule has 2 aromatic heterocycles. The molecule has 0 aliphatic rings. The Bertz CT molecular complexity index is 1000. The smallest absolute Gasteiger partial charge is 0.331 e. The molecule has 3 aromatic rings. The van der Waals surface area contributed by atoms with E-state index in [9.17, 15) is 14.4 Å². The number of imidazole rings is 1. The number of nitrogens with zero attached hydrogens (tertiary/aromatic N) is 4. The zero-order valence-corrected chi connectivity index (χ0v) is 13.6. The lowest BCUT2D eigenvalue weighted by Gasteiger charge is -2.12. The number of carbonyl (C=O) groups is 1. The van der Waals surface area contributed by atoms with Crippen LogP contribution in [0, 0.1) is 0 Å². The van der Waals surface area contributed by atoms with Crippen LogP contribution >= 0.6 is 0 Å². The standard InChI is InChI=1S/C17H17N5O3/c1-20-16(24)6-8-21(17(20)25)11-15(23)19-10-13-4-2-3-5-14(13)22-9-7-18-12-22/h2-9,12H,10-11H2,1H3,(H,19,23). The van der Waals surface area contributed by atoms with Gasteiger partial charge in [-0.05, 0) is 11.6 Å². The van der Waals surface area contributed by atoms with Crippen molar-refractivity contribution in [1.29, 1.82) is 0 Å². The van der Waals surface area contributed by atoms with Crippen molar-refractivity contribution in [2.24, 2.45) is 7.05 Å². The zero-order chi connectivity index (χ0) is 17.8. The molecule has 3 rings (SSSR count). The summed E-state index contributed by atoms with van der Waals surface area (Å²) in [5.74, 6) is -0.318. The molecule has 0 atom stereocenters. The SMILES string of the molecule is Cn1c(=O)ccn(CC(=O)NCc2ccccc2-n2ccnc2)c1=O. The lowest BCUT2D eigenvalue weighted by Crippen LogP contribution is -2.40. The lowest BCUT2D eigenvalue weighted by atomic mass is 10.1. The van der Waals surface area contributed by atoms with Gasteiger partial charge in [0, 0.05) is 38.2 Å². The molecule has 1 N–H and O–H groups in total. The Morgan fingerprint density at radius 3 is 2.72 bits per heavy atom. The molecule has 8 heteroatoms. The number of aromatic nitrogens is 4. The van der Waals surface area contributed by atoms with Crippen LogP contribution < -0.4 is 16.6 Å². The molecule has 128 valence electrons. The maximum absolute atomic E-state index is 12.2. The van der Waals surface area contributed by atoms with Gasteiger partial charge in [0.15, 0.2) is 0 Å². The molecule has 0 unspecified atom stereocenters. The topological polar surface area (TPSA) is 90.9 Å². The predicted octanol–water partition coefficient (Wildman–Crippen LogP) is 0.0491. The van der Waals surface area contributed by atoms with Gasteiger partial charge in [-0.2, -0.15) is 0 Å².